The number of nitrogens with zero attached hydrogens (tertiary/aromatic N) is 1. The minimum atomic E-state index is -3.65. The Kier molecular flexibility index (Phi) is 5.53. The molecule has 1 aromatic carbocycles. The Morgan fingerprint density at radius 2 is 2.16 bits per heavy atom. The normalized spacial score (nSPS) is 14.9. The SMILES string of the molecule is O=C(NCCCO)c1cccc(S(=O)(=O)N2CCc3sccc3C2)c1. The number of aliphatic hydroxyl groups excluding tert-OH is 1. The number of rotatable bonds is 6. The molecule has 0 radical (unpaired) electrons. The predicted molar refractivity (Wildman–Crippen MR) is 96.1 cm³/mol. The summed E-state index contributed by atoms with van der Waals surface area (Å²) in [6.07, 6.45) is 1.17. The summed E-state index contributed by atoms with van der Waals surface area (Å²) in [5, 5.41) is 13.4. The quantitative estimate of drug-likeness (QED) is 0.746. The van der Waals surface area contributed by atoms with Crippen LogP contribution < -0.4 is 5.32 Å². The molecule has 0 bridgehead atoms. The predicted octanol–water partition coefficient (Wildman–Crippen LogP) is 1.61. The zero-order valence-electron chi connectivity index (χ0n) is 13.6. The van der Waals surface area contributed by atoms with Crippen molar-refractivity contribution in [1.82, 2.24) is 9.62 Å². The first-order valence-corrected chi connectivity index (χ1v) is 10.4. The molecule has 6 nitrogen and oxygen atoms in total. The van der Waals surface area contributed by atoms with E-state index in [4.69, 9.17) is 5.11 Å². The first kappa shape index (κ1) is 18.1. The van der Waals surface area contributed by atoms with E-state index in [0.717, 1.165) is 5.56 Å². The van der Waals surface area contributed by atoms with Gasteiger partial charge in [0.2, 0.25) is 10.0 Å². The third-order valence-electron chi connectivity index (χ3n) is 4.13. The summed E-state index contributed by atoms with van der Waals surface area (Å²) in [7, 11) is -3.65. The molecule has 1 aliphatic rings. The average Bonchev–Trinajstić information content (AvgIpc) is 3.09. The molecule has 8 heteroatoms. The fourth-order valence-electron chi connectivity index (χ4n) is 2.76. The van der Waals surface area contributed by atoms with Crippen LogP contribution in [0.3, 0.4) is 0 Å². The highest BCUT2D eigenvalue weighted by Crippen LogP contribution is 2.28. The van der Waals surface area contributed by atoms with E-state index in [1.54, 1.807) is 23.5 Å². The van der Waals surface area contributed by atoms with Crippen LogP contribution in [-0.4, -0.2) is 43.4 Å². The van der Waals surface area contributed by atoms with Gasteiger partial charge in [0, 0.05) is 36.7 Å². The zero-order valence-corrected chi connectivity index (χ0v) is 15.3. The van der Waals surface area contributed by atoms with Gasteiger partial charge in [0.1, 0.15) is 0 Å². The van der Waals surface area contributed by atoms with Crippen molar-refractivity contribution in [3.8, 4) is 0 Å². The third-order valence-corrected chi connectivity index (χ3v) is 6.99. The van der Waals surface area contributed by atoms with Gasteiger partial charge < -0.3 is 10.4 Å². The van der Waals surface area contributed by atoms with Gasteiger partial charge in [-0.2, -0.15) is 4.31 Å². The van der Waals surface area contributed by atoms with E-state index in [0.29, 0.717) is 38.0 Å². The van der Waals surface area contributed by atoms with Crippen molar-refractivity contribution in [2.24, 2.45) is 0 Å². The molecule has 0 spiro atoms. The molecular formula is C17H20N2O4S2. The number of carbonyl (C=O) groups is 1. The molecule has 0 saturated heterocycles. The summed E-state index contributed by atoms with van der Waals surface area (Å²) in [6.45, 7) is 1.16. The molecule has 2 heterocycles. The van der Waals surface area contributed by atoms with Crippen LogP contribution in [0.4, 0.5) is 0 Å². The van der Waals surface area contributed by atoms with Crippen LogP contribution in [0.1, 0.15) is 27.2 Å². The van der Waals surface area contributed by atoms with Gasteiger partial charge in [-0.15, -0.1) is 11.3 Å². The zero-order chi connectivity index (χ0) is 17.9. The fourth-order valence-corrected chi connectivity index (χ4v) is 5.11. The Morgan fingerprint density at radius 1 is 1.32 bits per heavy atom. The summed E-state index contributed by atoms with van der Waals surface area (Å²) in [5.41, 5.74) is 1.35. The first-order valence-electron chi connectivity index (χ1n) is 8.07. The van der Waals surface area contributed by atoms with E-state index in [9.17, 15) is 13.2 Å². The number of hydrogen-bond acceptors (Lipinski definition) is 5. The Balaban J connectivity index is 1.79. The van der Waals surface area contributed by atoms with Crippen LogP contribution in [0.5, 0.6) is 0 Å². The first-order chi connectivity index (χ1) is 12.0. The van der Waals surface area contributed by atoms with Gasteiger partial charge in [-0.1, -0.05) is 6.07 Å². The number of sulfonamides is 1. The molecule has 1 amide bonds. The highest BCUT2D eigenvalue weighted by atomic mass is 32.2. The second-order valence-electron chi connectivity index (χ2n) is 5.82. The van der Waals surface area contributed by atoms with Gasteiger partial charge in [0.15, 0.2) is 0 Å². The van der Waals surface area contributed by atoms with Gasteiger partial charge in [-0.3, -0.25) is 4.79 Å². The van der Waals surface area contributed by atoms with Crippen molar-refractivity contribution in [1.29, 1.82) is 0 Å². The summed E-state index contributed by atoms with van der Waals surface area (Å²) in [6, 6.07) is 8.05. The number of nitrogens with one attached hydrogen (secondary N) is 1. The van der Waals surface area contributed by atoms with Crippen LogP contribution in [0, 0.1) is 0 Å². The van der Waals surface area contributed by atoms with E-state index in [1.165, 1.54) is 21.3 Å². The van der Waals surface area contributed by atoms with Crippen molar-refractivity contribution >= 4 is 27.3 Å². The van der Waals surface area contributed by atoms with Gasteiger partial charge in [0.05, 0.1) is 4.90 Å². The van der Waals surface area contributed by atoms with Crippen LogP contribution in [0.2, 0.25) is 0 Å². The Hall–Kier alpha value is -1.74. The van der Waals surface area contributed by atoms with Crippen LogP contribution >= 0.6 is 11.3 Å². The second-order valence-corrected chi connectivity index (χ2v) is 8.76. The highest BCUT2D eigenvalue weighted by molar-refractivity contribution is 7.89. The molecule has 1 aromatic heterocycles. The lowest BCUT2D eigenvalue weighted by Crippen LogP contribution is -2.35. The van der Waals surface area contributed by atoms with Crippen molar-refractivity contribution < 1.29 is 18.3 Å². The Bertz CT molecular complexity index is 861. The lowest BCUT2D eigenvalue weighted by Gasteiger charge is -2.26. The molecule has 0 fully saturated rings. The van der Waals surface area contributed by atoms with Crippen LogP contribution in [0.15, 0.2) is 40.6 Å². The topological polar surface area (TPSA) is 86.7 Å². The fraction of sp³-hybridized carbons (Fsp3) is 0.353. The molecule has 3 rings (SSSR count). The van der Waals surface area contributed by atoms with Gasteiger partial charge in [0.25, 0.3) is 5.91 Å². The van der Waals surface area contributed by atoms with E-state index < -0.39 is 10.0 Å². The smallest absolute Gasteiger partial charge is 0.251 e. The Morgan fingerprint density at radius 3 is 2.96 bits per heavy atom. The summed E-state index contributed by atoms with van der Waals surface area (Å²) in [4.78, 5) is 13.5. The highest BCUT2D eigenvalue weighted by Gasteiger charge is 2.29. The van der Waals surface area contributed by atoms with Gasteiger partial charge in [-0.25, -0.2) is 8.42 Å². The van der Waals surface area contributed by atoms with Gasteiger partial charge in [-0.05, 0) is 48.1 Å². The van der Waals surface area contributed by atoms with Gasteiger partial charge >= 0.3 is 0 Å². The standard InChI is InChI=1S/C17H20N2O4S2/c20-9-2-7-18-17(21)13-3-1-4-15(11-13)25(22,23)19-8-5-16-14(12-19)6-10-24-16/h1,3-4,6,10-11,20H,2,5,7-9,12H2,(H,18,21). The molecule has 0 aliphatic carbocycles. The van der Waals surface area contributed by atoms with Crippen LogP contribution in [-0.2, 0) is 23.0 Å². The average molecular weight is 380 g/mol. The maximum atomic E-state index is 12.9. The lowest BCUT2D eigenvalue weighted by atomic mass is 10.1. The van der Waals surface area contributed by atoms with Crippen molar-refractivity contribution in [2.75, 3.05) is 19.7 Å². The number of carbonyl (C=O) groups excluding carboxylic acids is 1. The minimum Gasteiger partial charge on any atom is -0.396 e. The molecule has 0 unspecified atom stereocenters. The lowest BCUT2D eigenvalue weighted by molar-refractivity contribution is 0.0951. The number of benzene rings is 1. The van der Waals surface area contributed by atoms with E-state index >= 15 is 0 Å². The molecular weight excluding hydrogens is 360 g/mol. The van der Waals surface area contributed by atoms with E-state index in [-0.39, 0.29) is 17.4 Å². The largest absolute Gasteiger partial charge is 0.396 e. The third kappa shape index (κ3) is 3.92. The molecule has 0 atom stereocenters. The maximum absolute atomic E-state index is 12.9. The molecule has 25 heavy (non-hydrogen) atoms. The maximum Gasteiger partial charge on any atom is 0.251 e. The molecule has 2 aromatic rings. The monoisotopic (exact) mass is 380 g/mol. The molecule has 0 saturated carbocycles. The number of fused-ring (bicyclic) bond motifs is 1. The van der Waals surface area contributed by atoms with Crippen molar-refractivity contribution in [3.05, 3.63) is 51.7 Å². The van der Waals surface area contributed by atoms with E-state index in [1.807, 2.05) is 11.4 Å². The molecule has 1 aliphatic heterocycles. The second kappa shape index (κ2) is 7.65. The molecule has 134 valence electrons. The molecule has 2 N–H and O–H groups in total. The van der Waals surface area contributed by atoms with Crippen molar-refractivity contribution in [2.45, 2.75) is 24.3 Å². The Labute approximate surface area is 151 Å². The number of thiophene rings is 1. The van der Waals surface area contributed by atoms with E-state index in [2.05, 4.69) is 5.32 Å². The summed E-state index contributed by atoms with van der Waals surface area (Å²) >= 11 is 1.66. The minimum absolute atomic E-state index is 0.00572. The van der Waals surface area contributed by atoms with Crippen LogP contribution in [0.25, 0.3) is 0 Å². The number of amides is 1. The summed E-state index contributed by atoms with van der Waals surface area (Å²) in [5.74, 6) is -0.343. The summed E-state index contributed by atoms with van der Waals surface area (Å²) < 4.78 is 27.3. The number of hydrogen-bond donors (Lipinski definition) is 2. The number of aliphatic hydroxyl groups is 1. The van der Waals surface area contributed by atoms with Crippen molar-refractivity contribution in [3.63, 3.8) is 0 Å².